The van der Waals surface area contributed by atoms with Gasteiger partial charge in [0.15, 0.2) is 11.5 Å². The highest BCUT2D eigenvalue weighted by Gasteiger charge is 2.19. The van der Waals surface area contributed by atoms with Gasteiger partial charge in [-0.1, -0.05) is 12.1 Å². The van der Waals surface area contributed by atoms with E-state index in [2.05, 4.69) is 10.4 Å². The first kappa shape index (κ1) is 19.9. The minimum Gasteiger partial charge on any atom is -0.493 e. The Morgan fingerprint density at radius 1 is 1.24 bits per heavy atom. The number of aryl methyl sites for hydroxylation is 1. The quantitative estimate of drug-likeness (QED) is 0.476. The molecule has 9 nitrogen and oxygen atoms in total. The monoisotopic (exact) mass is 396 g/mol. The number of anilines is 1. The lowest BCUT2D eigenvalue weighted by atomic mass is 10.2. The Bertz CT molecular complexity index is 1050. The second-order valence-corrected chi connectivity index (χ2v) is 6.39. The summed E-state index contributed by atoms with van der Waals surface area (Å²) in [4.78, 5) is 23.3. The lowest BCUT2D eigenvalue weighted by Gasteiger charge is -2.14. The van der Waals surface area contributed by atoms with Gasteiger partial charge < -0.3 is 14.8 Å². The topological polar surface area (TPSA) is 109 Å². The van der Waals surface area contributed by atoms with Gasteiger partial charge in [-0.25, -0.2) is 0 Å². The Kier molecular flexibility index (Phi) is 5.77. The van der Waals surface area contributed by atoms with E-state index in [-0.39, 0.29) is 23.0 Å². The van der Waals surface area contributed by atoms with Crippen molar-refractivity contribution in [2.45, 2.75) is 19.9 Å². The number of non-ortho nitro benzene ring substituents is 1. The fourth-order valence-electron chi connectivity index (χ4n) is 2.66. The Labute approximate surface area is 167 Å². The van der Waals surface area contributed by atoms with Crippen LogP contribution in [0.3, 0.4) is 0 Å². The average molecular weight is 396 g/mol. The molecule has 3 rings (SSSR count). The van der Waals surface area contributed by atoms with Crippen molar-refractivity contribution in [2.24, 2.45) is 0 Å². The average Bonchev–Trinajstić information content (AvgIpc) is 3.13. The van der Waals surface area contributed by atoms with Crippen LogP contribution in [0.2, 0.25) is 0 Å². The Morgan fingerprint density at radius 3 is 2.59 bits per heavy atom. The van der Waals surface area contributed by atoms with E-state index >= 15 is 0 Å². The summed E-state index contributed by atoms with van der Waals surface area (Å²) in [5, 5.41) is 18.1. The van der Waals surface area contributed by atoms with Gasteiger partial charge in [0.25, 0.3) is 5.69 Å². The second kappa shape index (κ2) is 8.42. The molecule has 0 aliphatic heterocycles. The first-order chi connectivity index (χ1) is 13.9. The van der Waals surface area contributed by atoms with Gasteiger partial charge in [0, 0.05) is 18.3 Å². The lowest BCUT2D eigenvalue weighted by Crippen LogP contribution is -2.24. The SMILES string of the molecule is COc1ccccc1Oc1cc(NC(=O)C(C)n2cc(C)cn2)cc([N+](=O)[O-])c1. The first-order valence-electron chi connectivity index (χ1n) is 8.79. The van der Waals surface area contributed by atoms with Crippen molar-refractivity contribution in [3.8, 4) is 17.2 Å². The molecule has 0 radical (unpaired) electrons. The van der Waals surface area contributed by atoms with Crippen LogP contribution in [0.15, 0.2) is 54.9 Å². The number of hydrogen-bond acceptors (Lipinski definition) is 6. The van der Waals surface area contributed by atoms with Gasteiger partial charge in [0.2, 0.25) is 5.91 Å². The van der Waals surface area contributed by atoms with Crippen molar-refractivity contribution in [1.29, 1.82) is 0 Å². The lowest BCUT2D eigenvalue weighted by molar-refractivity contribution is -0.384. The zero-order valence-electron chi connectivity index (χ0n) is 16.2. The molecule has 2 aromatic carbocycles. The number of amides is 1. The predicted octanol–water partition coefficient (Wildman–Crippen LogP) is 4.10. The second-order valence-electron chi connectivity index (χ2n) is 6.39. The predicted molar refractivity (Wildman–Crippen MR) is 106 cm³/mol. The molecule has 0 aliphatic rings. The van der Waals surface area contributed by atoms with Crippen molar-refractivity contribution < 1.29 is 19.2 Å². The molecule has 0 bridgehead atoms. The number of rotatable bonds is 7. The van der Waals surface area contributed by atoms with Crippen molar-refractivity contribution in [3.63, 3.8) is 0 Å². The zero-order chi connectivity index (χ0) is 21.0. The van der Waals surface area contributed by atoms with E-state index < -0.39 is 11.0 Å². The van der Waals surface area contributed by atoms with Gasteiger partial charge >= 0.3 is 0 Å². The van der Waals surface area contributed by atoms with Crippen molar-refractivity contribution in [1.82, 2.24) is 9.78 Å². The number of nitro groups is 1. The van der Waals surface area contributed by atoms with Crippen LogP contribution in [-0.2, 0) is 4.79 Å². The molecule has 150 valence electrons. The molecule has 1 heterocycles. The maximum Gasteiger partial charge on any atom is 0.275 e. The van der Waals surface area contributed by atoms with Crippen molar-refractivity contribution in [3.05, 3.63) is 70.5 Å². The number of nitrogens with zero attached hydrogens (tertiary/aromatic N) is 3. The van der Waals surface area contributed by atoms with Gasteiger partial charge in [-0.15, -0.1) is 0 Å². The van der Waals surface area contributed by atoms with Gasteiger partial charge in [-0.2, -0.15) is 5.10 Å². The normalized spacial score (nSPS) is 11.6. The molecular formula is C20H20N4O5. The van der Waals surface area contributed by atoms with Crippen LogP contribution in [0.25, 0.3) is 0 Å². The molecule has 0 fully saturated rings. The first-order valence-corrected chi connectivity index (χ1v) is 8.79. The molecule has 0 spiro atoms. The van der Waals surface area contributed by atoms with E-state index in [0.29, 0.717) is 11.5 Å². The number of methoxy groups -OCH3 is 1. The summed E-state index contributed by atoms with van der Waals surface area (Å²) in [6.07, 6.45) is 3.39. The highest BCUT2D eigenvalue weighted by atomic mass is 16.6. The molecule has 3 aromatic rings. The minimum absolute atomic E-state index is 0.196. The third-order valence-electron chi connectivity index (χ3n) is 4.17. The Morgan fingerprint density at radius 2 is 1.97 bits per heavy atom. The van der Waals surface area contributed by atoms with Crippen LogP contribution >= 0.6 is 0 Å². The molecule has 0 saturated heterocycles. The third-order valence-corrected chi connectivity index (χ3v) is 4.17. The molecule has 1 N–H and O–H groups in total. The van der Waals surface area contributed by atoms with Gasteiger partial charge in [0.05, 0.1) is 30.0 Å². The summed E-state index contributed by atoms with van der Waals surface area (Å²) >= 11 is 0. The number of hydrogen-bond donors (Lipinski definition) is 1. The maximum atomic E-state index is 12.6. The van der Waals surface area contributed by atoms with Gasteiger partial charge in [0.1, 0.15) is 11.8 Å². The highest BCUT2D eigenvalue weighted by Crippen LogP contribution is 2.34. The number of carbonyl (C=O) groups excluding carboxylic acids is 1. The summed E-state index contributed by atoms with van der Waals surface area (Å²) < 4.78 is 12.5. The maximum absolute atomic E-state index is 12.6. The summed E-state index contributed by atoms with van der Waals surface area (Å²) in [6, 6.07) is 10.4. The Balaban J connectivity index is 1.86. The van der Waals surface area contributed by atoms with Crippen LogP contribution in [-0.4, -0.2) is 27.7 Å². The van der Waals surface area contributed by atoms with Gasteiger partial charge in [-0.3, -0.25) is 19.6 Å². The number of para-hydroxylation sites is 2. The smallest absolute Gasteiger partial charge is 0.275 e. The van der Waals surface area contributed by atoms with Crippen molar-refractivity contribution >= 4 is 17.3 Å². The van der Waals surface area contributed by atoms with E-state index in [9.17, 15) is 14.9 Å². The number of ether oxygens (including phenoxy) is 2. The summed E-state index contributed by atoms with van der Waals surface area (Å²) in [7, 11) is 1.50. The van der Waals surface area contributed by atoms with Gasteiger partial charge in [-0.05, 0) is 31.5 Å². The summed E-state index contributed by atoms with van der Waals surface area (Å²) in [5.41, 5.74) is 0.951. The zero-order valence-corrected chi connectivity index (χ0v) is 16.2. The van der Waals surface area contributed by atoms with Crippen LogP contribution in [0, 0.1) is 17.0 Å². The molecule has 1 amide bonds. The van der Waals surface area contributed by atoms with E-state index in [0.717, 1.165) is 5.56 Å². The largest absolute Gasteiger partial charge is 0.493 e. The molecule has 0 saturated carbocycles. The van der Waals surface area contributed by atoms with E-state index in [1.807, 2.05) is 6.92 Å². The number of benzene rings is 2. The van der Waals surface area contributed by atoms with E-state index in [1.165, 1.54) is 30.0 Å². The summed E-state index contributed by atoms with van der Waals surface area (Å²) in [5.74, 6) is 0.707. The minimum atomic E-state index is -0.596. The Hall–Kier alpha value is -3.88. The molecule has 29 heavy (non-hydrogen) atoms. The number of carbonyl (C=O) groups is 1. The van der Waals surface area contributed by atoms with Crippen LogP contribution in [0.5, 0.6) is 17.2 Å². The van der Waals surface area contributed by atoms with E-state index in [1.54, 1.807) is 43.6 Å². The summed E-state index contributed by atoms with van der Waals surface area (Å²) in [6.45, 7) is 3.56. The van der Waals surface area contributed by atoms with E-state index in [4.69, 9.17) is 9.47 Å². The van der Waals surface area contributed by atoms with Crippen LogP contribution in [0.1, 0.15) is 18.5 Å². The van der Waals surface area contributed by atoms with Crippen molar-refractivity contribution in [2.75, 3.05) is 12.4 Å². The molecule has 9 heteroatoms. The van der Waals surface area contributed by atoms with Crippen LogP contribution < -0.4 is 14.8 Å². The standard InChI is InChI=1S/C20H20N4O5/c1-13-11-21-23(12-13)14(2)20(25)22-15-8-16(24(26)27)10-17(9-15)29-19-7-5-4-6-18(19)28-3/h4-12,14H,1-3H3,(H,22,25). The number of nitro benzene ring substituents is 1. The molecule has 1 atom stereocenters. The molecular weight excluding hydrogens is 376 g/mol. The fourth-order valence-corrected chi connectivity index (χ4v) is 2.66. The molecule has 1 aromatic heterocycles. The number of aromatic nitrogens is 2. The third kappa shape index (κ3) is 4.70. The molecule has 1 unspecified atom stereocenters. The molecule has 0 aliphatic carbocycles. The number of nitrogens with one attached hydrogen (secondary N) is 1. The van der Waals surface area contributed by atoms with Crippen LogP contribution in [0.4, 0.5) is 11.4 Å². The highest BCUT2D eigenvalue weighted by molar-refractivity contribution is 5.94. The fraction of sp³-hybridized carbons (Fsp3) is 0.200.